The van der Waals surface area contributed by atoms with Crippen molar-refractivity contribution in [1.29, 1.82) is 0 Å². The van der Waals surface area contributed by atoms with Crippen LogP contribution in [0.15, 0.2) is 115 Å². The molecule has 6 rings (SSSR count). The van der Waals surface area contributed by atoms with Gasteiger partial charge < -0.3 is 51.0 Å². The molecule has 2 aliphatic heterocycles. The normalized spacial score (nSPS) is 14.0. The number of carbonyl (C=O) groups excluding carboxylic acids is 7. The van der Waals surface area contributed by atoms with E-state index in [0.29, 0.717) is 69.0 Å². The van der Waals surface area contributed by atoms with Gasteiger partial charge in [0.15, 0.2) is 0 Å². The van der Waals surface area contributed by atoms with Crippen molar-refractivity contribution in [1.82, 2.24) is 36.8 Å². The fourth-order valence-corrected chi connectivity index (χ4v) is 8.33. The number of benzene rings is 4. The first kappa shape index (κ1) is 82.9. The van der Waals surface area contributed by atoms with Gasteiger partial charge in [0.25, 0.3) is 0 Å². The van der Waals surface area contributed by atoms with Crippen LogP contribution in [0.2, 0.25) is 5.02 Å². The van der Waals surface area contributed by atoms with Crippen molar-refractivity contribution in [2.24, 2.45) is 23.7 Å². The van der Waals surface area contributed by atoms with Gasteiger partial charge in [-0.1, -0.05) is 189 Å². The number of nitrogens with one attached hydrogen (secondary N) is 6. The molecule has 0 radical (unpaired) electrons. The van der Waals surface area contributed by atoms with E-state index in [4.69, 9.17) is 25.8 Å². The summed E-state index contributed by atoms with van der Waals surface area (Å²) in [6.45, 7) is 37.8. The topological polar surface area (TPSA) is 223 Å². The van der Waals surface area contributed by atoms with E-state index in [1.807, 2.05) is 169 Å². The van der Waals surface area contributed by atoms with Gasteiger partial charge in [0.1, 0.15) is 19.8 Å². The number of ether oxygens (including phenoxy) is 3. The van der Waals surface area contributed by atoms with E-state index in [-0.39, 0.29) is 60.0 Å². The molecule has 0 unspecified atom stereocenters. The summed E-state index contributed by atoms with van der Waals surface area (Å²) in [5.41, 5.74) is 4.13. The minimum absolute atomic E-state index is 0.0370. The van der Waals surface area contributed by atoms with Crippen LogP contribution in [0.3, 0.4) is 0 Å². The molecule has 494 valence electrons. The molecular weight excluding hydrogens is 1130 g/mol. The standard InChI is InChI=1S/C14H21NO2.C12H14ClNO.C11H15NO2.C10H13NO2.C8H17NO.C5H9NO.C5H11NO.C5H12/c1-11(2)9-12(3)15-14(16)17-10-13-7-5-4-6-8-13;1-9-6-12(15)14(7-9)8-10-2-4-11(13)5-3-10;1-9(2)12-11(13)14-8-10-6-4-3-5-7-10;1-2-11-10(12)13-8-9-6-4-3-5-7-9;1-6(2)5-7(3)9-8(4)10;1-4-2-5(7)6-3-4;1-4(2)6-5(3)7;1-3-5-4-2/h4-8,11-12H,9-10H2,1-3H3,(H,15,16);2-5,9H,6-8H2,1H3;3-7,9H,8H2,1-2H3,(H,12,13);3-7H,2,8H2,1H3,(H,11,12);6-7H,5H2,1-4H3,(H,9,10);4H,2-3H2,1H3,(H,6,7);4H,1-3H3,(H,6,7);3-5H2,1-2H3/t12-;9-;;;7-;4-;;/m10..10../s1. The molecule has 18 heteroatoms. The average Bonchev–Trinajstić information content (AvgIpc) is 4.24. The number of amides is 7. The molecule has 4 atom stereocenters. The van der Waals surface area contributed by atoms with Gasteiger partial charge in [0, 0.05) is 82.1 Å². The van der Waals surface area contributed by atoms with E-state index in [0.717, 1.165) is 59.6 Å². The highest BCUT2D eigenvalue weighted by atomic mass is 35.5. The van der Waals surface area contributed by atoms with Crippen molar-refractivity contribution < 1.29 is 47.8 Å². The number of hydrogen-bond acceptors (Lipinski definition) is 10. The summed E-state index contributed by atoms with van der Waals surface area (Å²) in [7, 11) is 0. The predicted octanol–water partition coefficient (Wildman–Crippen LogP) is 14.7. The zero-order valence-electron chi connectivity index (χ0n) is 56.4. The quantitative estimate of drug-likeness (QED) is 0.0487. The Labute approximate surface area is 534 Å². The lowest BCUT2D eigenvalue weighted by Crippen LogP contribution is -2.33. The monoisotopic (exact) mass is 1250 g/mol. The van der Waals surface area contributed by atoms with E-state index in [9.17, 15) is 33.6 Å². The van der Waals surface area contributed by atoms with Crippen molar-refractivity contribution in [3.63, 3.8) is 0 Å². The number of halogens is 1. The molecule has 17 nitrogen and oxygen atoms in total. The third-order valence-electron chi connectivity index (χ3n) is 11.9. The van der Waals surface area contributed by atoms with Gasteiger partial charge in [0.2, 0.25) is 23.6 Å². The fraction of sp³-hybridized carbons (Fsp3) is 0.557. The Hall–Kier alpha value is -7.14. The maximum absolute atomic E-state index is 11.6. The summed E-state index contributed by atoms with van der Waals surface area (Å²) < 4.78 is 15.0. The molecule has 7 amide bonds. The fourth-order valence-electron chi connectivity index (χ4n) is 8.21. The summed E-state index contributed by atoms with van der Waals surface area (Å²) in [5, 5.41) is 17.0. The Bertz CT molecular complexity index is 2450. The van der Waals surface area contributed by atoms with Crippen LogP contribution < -0.4 is 31.9 Å². The molecule has 0 aliphatic carbocycles. The Kier molecular flexibility index (Phi) is 48.9. The number of alkyl carbamates (subject to hydrolysis) is 3. The number of nitrogens with zero attached hydrogens (tertiary/aromatic N) is 1. The van der Waals surface area contributed by atoms with Crippen molar-refractivity contribution in [3.05, 3.63) is 143 Å². The zero-order chi connectivity index (χ0) is 66.8. The highest BCUT2D eigenvalue weighted by Crippen LogP contribution is 2.20. The van der Waals surface area contributed by atoms with Crippen molar-refractivity contribution in [3.8, 4) is 0 Å². The molecule has 2 heterocycles. The molecule has 0 spiro atoms. The molecule has 4 aromatic rings. The molecule has 2 aliphatic rings. The zero-order valence-corrected chi connectivity index (χ0v) is 57.2. The van der Waals surface area contributed by atoms with Gasteiger partial charge in [-0.3, -0.25) is 19.2 Å². The molecule has 4 aromatic carbocycles. The van der Waals surface area contributed by atoms with E-state index >= 15 is 0 Å². The lowest BCUT2D eigenvalue weighted by molar-refractivity contribution is -0.128. The van der Waals surface area contributed by atoms with Crippen LogP contribution >= 0.6 is 11.6 Å². The van der Waals surface area contributed by atoms with Crippen LogP contribution in [-0.4, -0.2) is 90.6 Å². The summed E-state index contributed by atoms with van der Waals surface area (Å²) in [5.74, 6) is 2.84. The Morgan fingerprint density at radius 2 is 0.943 bits per heavy atom. The molecule has 0 aromatic heterocycles. The van der Waals surface area contributed by atoms with Crippen molar-refractivity contribution in [2.75, 3.05) is 19.6 Å². The smallest absolute Gasteiger partial charge is 0.407 e. The van der Waals surface area contributed by atoms with E-state index in [1.54, 1.807) is 6.92 Å². The van der Waals surface area contributed by atoms with Crippen LogP contribution in [0.5, 0.6) is 0 Å². The predicted molar refractivity (Wildman–Crippen MR) is 358 cm³/mol. The third-order valence-corrected chi connectivity index (χ3v) is 12.2. The first-order valence-corrected chi connectivity index (χ1v) is 31.7. The minimum atomic E-state index is -0.371. The third kappa shape index (κ3) is 52.0. The molecule has 2 saturated heterocycles. The van der Waals surface area contributed by atoms with Gasteiger partial charge >= 0.3 is 18.3 Å². The molecular formula is C70H112ClN7O10. The van der Waals surface area contributed by atoms with Crippen molar-refractivity contribution in [2.45, 2.75) is 213 Å². The van der Waals surface area contributed by atoms with Crippen molar-refractivity contribution >= 4 is 53.5 Å². The molecule has 6 N–H and O–H groups in total. The summed E-state index contributed by atoms with van der Waals surface area (Å²) >= 11 is 5.80. The maximum Gasteiger partial charge on any atom is 0.407 e. The lowest BCUT2D eigenvalue weighted by Gasteiger charge is -2.15. The Morgan fingerprint density at radius 1 is 0.534 bits per heavy atom. The molecule has 88 heavy (non-hydrogen) atoms. The highest BCUT2D eigenvalue weighted by molar-refractivity contribution is 6.30. The minimum Gasteiger partial charge on any atom is -0.445 e. The van der Waals surface area contributed by atoms with E-state index in [2.05, 4.69) is 87.3 Å². The van der Waals surface area contributed by atoms with E-state index in [1.165, 1.54) is 26.2 Å². The van der Waals surface area contributed by atoms with Crippen LogP contribution in [0.25, 0.3) is 0 Å². The number of likely N-dealkylation sites (tertiary alicyclic amines) is 1. The largest absolute Gasteiger partial charge is 0.445 e. The average molecular weight is 1250 g/mol. The lowest BCUT2D eigenvalue weighted by atomic mass is 10.1. The Balaban J connectivity index is 0. The number of rotatable bonds is 19. The molecule has 0 saturated carbocycles. The van der Waals surface area contributed by atoms with E-state index < -0.39 is 0 Å². The second kappa shape index (κ2) is 51.9. The highest BCUT2D eigenvalue weighted by Gasteiger charge is 2.26. The van der Waals surface area contributed by atoms with Gasteiger partial charge in [-0.25, -0.2) is 14.4 Å². The number of carbonyl (C=O) groups is 7. The van der Waals surface area contributed by atoms with Crippen LogP contribution in [0, 0.1) is 23.7 Å². The molecule has 2 fully saturated rings. The molecule has 0 bridgehead atoms. The van der Waals surface area contributed by atoms with Gasteiger partial charge in [0.05, 0.1) is 0 Å². The Morgan fingerprint density at radius 3 is 1.24 bits per heavy atom. The second-order valence-electron chi connectivity index (χ2n) is 23.5. The summed E-state index contributed by atoms with van der Waals surface area (Å²) in [4.78, 5) is 77.9. The first-order valence-electron chi connectivity index (χ1n) is 31.3. The second-order valence-corrected chi connectivity index (χ2v) is 23.9. The first-order chi connectivity index (χ1) is 41.6. The number of hydrogen-bond donors (Lipinski definition) is 6. The van der Waals surface area contributed by atoms with Crippen LogP contribution in [0.4, 0.5) is 14.4 Å². The SMILES string of the molecule is CC(=O)NC(C)C.CC(=O)N[C@H](C)CC(C)C.CC(C)C[C@@H](C)NC(=O)OCc1ccccc1.CC(C)NC(=O)OCc1ccccc1.CCCCC.CCNC(=O)OCc1ccccc1.C[C@@H]1CNC(=O)C1.C[C@H]1CC(=O)N(Cc2ccc(Cl)cc2)C1. The maximum atomic E-state index is 11.6. The van der Waals surface area contributed by atoms with Crippen LogP contribution in [0.1, 0.15) is 185 Å². The van der Waals surface area contributed by atoms with Crippen LogP contribution in [-0.2, 0) is 59.8 Å². The summed E-state index contributed by atoms with van der Waals surface area (Å²) in [6.07, 6.45) is 6.41. The van der Waals surface area contributed by atoms with Gasteiger partial charge in [-0.15, -0.1) is 0 Å². The van der Waals surface area contributed by atoms with Gasteiger partial charge in [-0.05, 0) is 119 Å². The summed E-state index contributed by atoms with van der Waals surface area (Å²) in [6, 6.07) is 37.4. The number of unbranched alkanes of at least 4 members (excludes halogenated alkanes) is 2. The van der Waals surface area contributed by atoms with Gasteiger partial charge in [-0.2, -0.15) is 0 Å².